The Balaban J connectivity index is 2.23. The highest BCUT2D eigenvalue weighted by Gasteiger charge is 2.27. The first-order valence-corrected chi connectivity index (χ1v) is 9.99. The van der Waals surface area contributed by atoms with E-state index in [1.165, 1.54) is 11.7 Å². The van der Waals surface area contributed by atoms with Gasteiger partial charge in [0.15, 0.2) is 12.3 Å². The summed E-state index contributed by atoms with van der Waals surface area (Å²) in [6, 6.07) is 0. The van der Waals surface area contributed by atoms with E-state index >= 15 is 0 Å². The first-order chi connectivity index (χ1) is 13.9. The Morgan fingerprint density at radius 2 is 1.93 bits per heavy atom. The van der Waals surface area contributed by atoms with E-state index in [0.717, 1.165) is 37.0 Å². The second-order valence-electron chi connectivity index (χ2n) is 7.13. The predicted molar refractivity (Wildman–Crippen MR) is 108 cm³/mol. The standard InChI is InChI=1S/C19H30N4O6/c1-3-9-23-16(20)15(17(25)21-19(23)27)22(10-11-28-2)14(24)12-29-18(26)13-7-5-4-6-8-13/h13H,3-12,20H2,1-2H3,(H,21,25,27). The fourth-order valence-corrected chi connectivity index (χ4v) is 3.49. The number of hydrogen-bond donors (Lipinski definition) is 2. The van der Waals surface area contributed by atoms with Crippen LogP contribution in [0.5, 0.6) is 0 Å². The number of amides is 1. The van der Waals surface area contributed by atoms with Crippen LogP contribution in [-0.2, 0) is 25.6 Å². The zero-order valence-corrected chi connectivity index (χ0v) is 17.1. The third-order valence-electron chi connectivity index (χ3n) is 5.03. The van der Waals surface area contributed by atoms with Crippen molar-refractivity contribution in [2.75, 3.05) is 37.5 Å². The summed E-state index contributed by atoms with van der Waals surface area (Å²) in [7, 11) is 1.46. The summed E-state index contributed by atoms with van der Waals surface area (Å²) in [5, 5.41) is 0. The fourth-order valence-electron chi connectivity index (χ4n) is 3.49. The van der Waals surface area contributed by atoms with E-state index in [-0.39, 0.29) is 37.1 Å². The highest BCUT2D eigenvalue weighted by molar-refractivity contribution is 5.97. The van der Waals surface area contributed by atoms with Crippen LogP contribution in [0.1, 0.15) is 45.4 Å². The molecule has 0 aromatic carbocycles. The molecule has 0 spiro atoms. The Kier molecular flexibility index (Phi) is 8.44. The van der Waals surface area contributed by atoms with Crippen molar-refractivity contribution in [3.63, 3.8) is 0 Å². The van der Waals surface area contributed by atoms with E-state index in [9.17, 15) is 19.2 Å². The molecule has 3 N–H and O–H groups in total. The van der Waals surface area contributed by atoms with Crippen LogP contribution >= 0.6 is 0 Å². The predicted octanol–water partition coefficient (Wildman–Crippen LogP) is 0.632. The van der Waals surface area contributed by atoms with E-state index in [1.807, 2.05) is 6.92 Å². The number of esters is 1. The first kappa shape index (κ1) is 22.7. The van der Waals surface area contributed by atoms with Gasteiger partial charge in [0, 0.05) is 20.2 Å². The van der Waals surface area contributed by atoms with Crippen molar-refractivity contribution in [1.29, 1.82) is 0 Å². The van der Waals surface area contributed by atoms with Gasteiger partial charge in [-0.25, -0.2) is 4.79 Å². The number of aromatic nitrogens is 2. The number of hydrogen-bond acceptors (Lipinski definition) is 7. The van der Waals surface area contributed by atoms with Crippen molar-refractivity contribution < 1.29 is 19.1 Å². The molecule has 0 aliphatic heterocycles. The molecule has 1 aliphatic carbocycles. The number of nitrogen functional groups attached to an aromatic ring is 1. The molecule has 10 heteroatoms. The van der Waals surface area contributed by atoms with Crippen LogP contribution in [-0.4, -0.2) is 48.3 Å². The second kappa shape index (κ2) is 10.8. The summed E-state index contributed by atoms with van der Waals surface area (Å²) in [5.41, 5.74) is 4.50. The van der Waals surface area contributed by atoms with Crippen LogP contribution in [0.2, 0.25) is 0 Å². The van der Waals surface area contributed by atoms with E-state index in [0.29, 0.717) is 6.42 Å². The van der Waals surface area contributed by atoms with Gasteiger partial charge in [-0.3, -0.25) is 28.8 Å². The third-order valence-corrected chi connectivity index (χ3v) is 5.03. The van der Waals surface area contributed by atoms with Gasteiger partial charge in [-0.05, 0) is 19.3 Å². The molecule has 0 unspecified atom stereocenters. The molecule has 0 saturated heterocycles. The number of rotatable bonds is 9. The van der Waals surface area contributed by atoms with Crippen molar-refractivity contribution in [1.82, 2.24) is 9.55 Å². The highest BCUT2D eigenvalue weighted by Crippen LogP contribution is 2.24. The van der Waals surface area contributed by atoms with Crippen molar-refractivity contribution in [3.8, 4) is 0 Å². The molecule has 1 aromatic rings. The number of methoxy groups -OCH3 is 1. The molecular weight excluding hydrogens is 380 g/mol. The number of ether oxygens (including phenoxy) is 2. The van der Waals surface area contributed by atoms with Gasteiger partial charge in [0.1, 0.15) is 5.82 Å². The Hall–Kier alpha value is -2.62. The molecule has 10 nitrogen and oxygen atoms in total. The van der Waals surface area contributed by atoms with Crippen molar-refractivity contribution in [2.24, 2.45) is 5.92 Å². The number of nitrogens with zero attached hydrogens (tertiary/aromatic N) is 2. The van der Waals surface area contributed by atoms with Crippen LogP contribution in [0.3, 0.4) is 0 Å². The van der Waals surface area contributed by atoms with Crippen LogP contribution in [0.4, 0.5) is 11.5 Å². The van der Waals surface area contributed by atoms with Gasteiger partial charge in [-0.2, -0.15) is 0 Å². The smallest absolute Gasteiger partial charge is 0.330 e. The van der Waals surface area contributed by atoms with Crippen LogP contribution in [0, 0.1) is 5.92 Å². The minimum Gasteiger partial charge on any atom is -0.455 e. The van der Waals surface area contributed by atoms with Gasteiger partial charge >= 0.3 is 11.7 Å². The van der Waals surface area contributed by atoms with Gasteiger partial charge in [0.05, 0.1) is 12.5 Å². The second-order valence-corrected chi connectivity index (χ2v) is 7.13. The monoisotopic (exact) mass is 410 g/mol. The first-order valence-electron chi connectivity index (χ1n) is 9.99. The number of H-pyrrole nitrogens is 1. The molecular formula is C19H30N4O6. The Labute approximate surface area is 169 Å². The maximum absolute atomic E-state index is 12.8. The molecule has 1 heterocycles. The zero-order chi connectivity index (χ0) is 21.4. The SMILES string of the molecule is CCCn1c(N)c(N(CCOC)C(=O)COC(=O)C2CCCCC2)c(=O)[nH]c1=O. The van der Waals surface area contributed by atoms with Crippen molar-refractivity contribution in [3.05, 3.63) is 20.8 Å². The normalized spacial score (nSPS) is 14.6. The van der Waals surface area contributed by atoms with Gasteiger partial charge in [0.25, 0.3) is 11.5 Å². The quantitative estimate of drug-likeness (QED) is 0.570. The average Bonchev–Trinajstić information content (AvgIpc) is 2.71. The summed E-state index contributed by atoms with van der Waals surface area (Å²) in [6.07, 6.45) is 5.17. The Bertz CT molecular complexity index is 825. The maximum atomic E-state index is 12.8. The molecule has 0 radical (unpaired) electrons. The molecule has 2 rings (SSSR count). The minimum atomic E-state index is -0.775. The van der Waals surface area contributed by atoms with Gasteiger partial charge in [0.2, 0.25) is 0 Å². The van der Waals surface area contributed by atoms with Gasteiger partial charge in [-0.1, -0.05) is 26.2 Å². The number of nitrogens with two attached hydrogens (primary N) is 1. The number of anilines is 2. The number of carbonyl (C=O) groups excluding carboxylic acids is 2. The van der Waals surface area contributed by atoms with E-state index in [2.05, 4.69) is 4.98 Å². The molecule has 1 saturated carbocycles. The molecule has 0 atom stereocenters. The molecule has 1 aliphatic rings. The summed E-state index contributed by atoms with van der Waals surface area (Å²) >= 11 is 0. The molecule has 1 amide bonds. The molecule has 29 heavy (non-hydrogen) atoms. The van der Waals surface area contributed by atoms with E-state index in [1.54, 1.807) is 0 Å². The summed E-state index contributed by atoms with van der Waals surface area (Å²) in [4.78, 5) is 52.8. The van der Waals surface area contributed by atoms with Gasteiger partial charge in [-0.15, -0.1) is 0 Å². The van der Waals surface area contributed by atoms with Crippen molar-refractivity contribution >= 4 is 23.4 Å². The maximum Gasteiger partial charge on any atom is 0.330 e. The van der Waals surface area contributed by atoms with Crippen LogP contribution < -0.4 is 21.9 Å². The Morgan fingerprint density at radius 1 is 1.24 bits per heavy atom. The van der Waals surface area contributed by atoms with E-state index in [4.69, 9.17) is 15.2 Å². The molecule has 0 bridgehead atoms. The lowest BCUT2D eigenvalue weighted by molar-refractivity contribution is -0.153. The number of nitrogens with one attached hydrogen (secondary N) is 1. The van der Waals surface area contributed by atoms with E-state index < -0.39 is 29.7 Å². The lowest BCUT2D eigenvalue weighted by Gasteiger charge is -2.25. The largest absolute Gasteiger partial charge is 0.455 e. The number of aromatic amines is 1. The highest BCUT2D eigenvalue weighted by atomic mass is 16.5. The zero-order valence-electron chi connectivity index (χ0n) is 17.1. The van der Waals surface area contributed by atoms with Gasteiger partial charge < -0.3 is 15.2 Å². The van der Waals surface area contributed by atoms with Crippen molar-refractivity contribution in [2.45, 2.75) is 52.0 Å². The lowest BCUT2D eigenvalue weighted by atomic mass is 9.89. The molecule has 162 valence electrons. The average molecular weight is 410 g/mol. The lowest BCUT2D eigenvalue weighted by Crippen LogP contribution is -2.44. The summed E-state index contributed by atoms with van der Waals surface area (Å²) in [6.45, 7) is 1.79. The van der Waals surface area contributed by atoms with Crippen LogP contribution in [0.25, 0.3) is 0 Å². The summed E-state index contributed by atoms with van der Waals surface area (Å²) in [5.74, 6) is -1.31. The fraction of sp³-hybridized carbons (Fsp3) is 0.684. The third kappa shape index (κ3) is 5.69. The minimum absolute atomic E-state index is 0.0217. The topological polar surface area (TPSA) is 137 Å². The Morgan fingerprint density at radius 3 is 2.55 bits per heavy atom. The summed E-state index contributed by atoms with van der Waals surface area (Å²) < 4.78 is 11.4. The molecule has 1 fully saturated rings. The molecule has 1 aromatic heterocycles. The van der Waals surface area contributed by atoms with Crippen LogP contribution in [0.15, 0.2) is 9.59 Å². The number of carbonyl (C=O) groups is 2.